The molecule has 0 radical (unpaired) electrons. The van der Waals surface area contributed by atoms with Crippen LogP contribution in [-0.2, 0) is 0 Å². The van der Waals surface area contributed by atoms with Crippen LogP contribution >= 0.6 is 0 Å². The molecule has 0 heterocycles. The van der Waals surface area contributed by atoms with Crippen molar-refractivity contribution in [3.05, 3.63) is 0 Å². The highest BCUT2D eigenvalue weighted by Crippen LogP contribution is 2.70. The molecule has 0 rings (SSSR count). The van der Waals surface area contributed by atoms with Gasteiger partial charge in [0.25, 0.3) is 0 Å². The summed E-state index contributed by atoms with van der Waals surface area (Å²) in [7, 11) is -2.12. The minimum absolute atomic E-state index is 0.203. The molecule has 0 aromatic rings. The molecule has 0 aliphatic heterocycles. The van der Waals surface area contributed by atoms with E-state index in [1.807, 2.05) is 0 Å². The van der Waals surface area contributed by atoms with Gasteiger partial charge in [-0.25, -0.2) is 0 Å². The normalized spacial score (nSPS) is 14.4. The zero-order chi connectivity index (χ0) is 41.1. The number of unbranched alkanes of at least 4 members (excludes halogenated alkanes) is 17. The molecule has 0 aromatic carbocycles. The van der Waals surface area contributed by atoms with E-state index in [4.69, 9.17) is 0 Å². The minimum atomic E-state index is -2.12. The summed E-state index contributed by atoms with van der Waals surface area (Å²) in [5.74, 6) is 0. The Labute approximate surface area is 339 Å². The van der Waals surface area contributed by atoms with Crippen LogP contribution in [-0.4, -0.2) is 13.1 Å². The fraction of sp³-hybridized carbons (Fsp3) is 1.00. The Morgan fingerprint density at radius 2 is 0.547 bits per heavy atom. The Hall–Kier alpha value is 0.177. The molecule has 320 valence electrons. The average molecular weight is 763 g/mol. The maximum atomic E-state index is 12.0. The lowest BCUT2D eigenvalue weighted by Gasteiger charge is -2.67. The van der Waals surface area contributed by atoms with Crippen molar-refractivity contribution >= 4 is 8.32 Å². The van der Waals surface area contributed by atoms with Crippen molar-refractivity contribution in [2.45, 2.75) is 290 Å². The maximum absolute atomic E-state index is 12.0. The molecule has 0 aromatic heterocycles. The molecule has 0 saturated heterocycles. The van der Waals surface area contributed by atoms with Crippen LogP contribution in [0.2, 0.25) is 18.1 Å². The van der Waals surface area contributed by atoms with E-state index in [9.17, 15) is 4.80 Å². The zero-order valence-electron chi connectivity index (χ0n) is 40.5. The van der Waals surface area contributed by atoms with Gasteiger partial charge < -0.3 is 4.80 Å². The highest BCUT2D eigenvalue weighted by molar-refractivity contribution is 6.72. The highest BCUT2D eigenvalue weighted by Gasteiger charge is 2.62. The lowest BCUT2D eigenvalue weighted by atomic mass is 9.37. The van der Waals surface area contributed by atoms with Gasteiger partial charge in [-0.05, 0) is 81.7 Å². The molecular weight excluding hydrogens is 657 g/mol. The van der Waals surface area contributed by atoms with Crippen molar-refractivity contribution in [2.75, 3.05) is 0 Å². The van der Waals surface area contributed by atoms with Gasteiger partial charge in [-0.2, -0.15) is 0 Å². The van der Waals surface area contributed by atoms with Gasteiger partial charge in [0, 0.05) is 0 Å². The second-order valence-corrected chi connectivity index (χ2v) is 28.3. The third-order valence-electron chi connectivity index (χ3n) is 13.3. The Morgan fingerprint density at radius 1 is 0.321 bits per heavy atom. The molecule has 0 spiro atoms. The van der Waals surface area contributed by atoms with Crippen molar-refractivity contribution in [3.63, 3.8) is 0 Å². The SMILES string of the molecule is CCCCCCCCC[Si](O)(CCCCCCCCC)CCCCCCCCC(C(C)(C)CC(C)(C)C)(C(C)(C)CC(C)(C)C)C(C)(C)CC(C)(C)C. The zero-order valence-corrected chi connectivity index (χ0v) is 41.5. The van der Waals surface area contributed by atoms with Crippen molar-refractivity contribution in [3.8, 4) is 0 Å². The Morgan fingerprint density at radius 3 is 0.792 bits per heavy atom. The molecule has 0 unspecified atom stereocenters. The molecule has 2 heteroatoms. The monoisotopic (exact) mass is 763 g/mol. The summed E-state index contributed by atoms with van der Waals surface area (Å²) < 4.78 is 0. The van der Waals surface area contributed by atoms with E-state index in [0.717, 1.165) is 18.1 Å². The summed E-state index contributed by atoms with van der Waals surface area (Å²) in [4.78, 5) is 12.0. The van der Waals surface area contributed by atoms with Crippen molar-refractivity contribution in [1.82, 2.24) is 0 Å². The Balaban J connectivity index is 5.67. The lowest BCUT2D eigenvalue weighted by molar-refractivity contribution is -0.184. The van der Waals surface area contributed by atoms with Crippen LogP contribution in [0.1, 0.15) is 272 Å². The van der Waals surface area contributed by atoms with Crippen LogP contribution in [0.3, 0.4) is 0 Å². The molecule has 0 fully saturated rings. The fourth-order valence-electron chi connectivity index (χ4n) is 12.9. The second kappa shape index (κ2) is 24.2. The van der Waals surface area contributed by atoms with Crippen LogP contribution in [0.25, 0.3) is 0 Å². The van der Waals surface area contributed by atoms with Crippen molar-refractivity contribution in [1.29, 1.82) is 0 Å². The van der Waals surface area contributed by atoms with Crippen LogP contribution in [0, 0.1) is 37.9 Å². The molecule has 0 saturated carbocycles. The lowest BCUT2D eigenvalue weighted by Crippen LogP contribution is -2.60. The largest absolute Gasteiger partial charge is 0.432 e. The molecule has 0 aliphatic carbocycles. The van der Waals surface area contributed by atoms with Gasteiger partial charge in [0.15, 0.2) is 8.32 Å². The first-order valence-corrected chi connectivity index (χ1v) is 26.5. The minimum Gasteiger partial charge on any atom is -0.432 e. The molecular formula is C51H106OSi. The van der Waals surface area contributed by atoms with Gasteiger partial charge >= 0.3 is 0 Å². The molecule has 1 nitrogen and oxygen atoms in total. The van der Waals surface area contributed by atoms with Crippen LogP contribution in [0.5, 0.6) is 0 Å². The van der Waals surface area contributed by atoms with Gasteiger partial charge in [-0.1, -0.05) is 246 Å². The standard InChI is InChI=1S/C51H106OSi/c1-18-20-22-24-27-31-35-39-53(52,40-36-32-28-25-23-21-19-2)41-37-33-29-26-30-34-38-51(48(12,13)42-45(3,4)5,49(14,15)43-46(6,7)8)50(16,17)44-47(9,10)11/h52H,18-44H2,1-17H3. The van der Waals surface area contributed by atoms with E-state index in [0.29, 0.717) is 16.2 Å². The number of hydrogen-bond acceptors (Lipinski definition) is 1. The van der Waals surface area contributed by atoms with E-state index >= 15 is 0 Å². The first-order chi connectivity index (χ1) is 24.2. The fourth-order valence-corrected chi connectivity index (χ4v) is 16.4. The molecule has 0 bridgehead atoms. The first kappa shape index (κ1) is 53.2. The van der Waals surface area contributed by atoms with E-state index in [2.05, 4.69) is 118 Å². The van der Waals surface area contributed by atoms with Gasteiger partial charge in [0.05, 0.1) is 0 Å². The first-order valence-electron chi connectivity index (χ1n) is 23.9. The summed E-state index contributed by atoms with van der Waals surface area (Å²) in [5.41, 5.74) is 1.68. The van der Waals surface area contributed by atoms with Gasteiger partial charge in [0.1, 0.15) is 0 Å². The van der Waals surface area contributed by atoms with Gasteiger partial charge in [-0.3, -0.25) is 0 Å². The number of rotatable bonds is 31. The van der Waals surface area contributed by atoms with Gasteiger partial charge in [0.2, 0.25) is 0 Å². The Kier molecular flexibility index (Phi) is 24.3. The topological polar surface area (TPSA) is 20.2 Å². The summed E-state index contributed by atoms with van der Waals surface area (Å²) >= 11 is 0. The maximum Gasteiger partial charge on any atom is 0.188 e. The number of hydrogen-bond donors (Lipinski definition) is 1. The van der Waals surface area contributed by atoms with Gasteiger partial charge in [-0.15, -0.1) is 0 Å². The summed E-state index contributed by atoms with van der Waals surface area (Å²) in [6.45, 7) is 42.8. The van der Waals surface area contributed by atoms with E-state index in [1.54, 1.807) is 0 Å². The molecule has 0 aliphatic rings. The summed E-state index contributed by atoms with van der Waals surface area (Å²) in [5, 5.41) is 0. The molecule has 0 amide bonds. The second-order valence-electron chi connectivity index (χ2n) is 24.4. The molecule has 1 N–H and O–H groups in total. The summed E-state index contributed by atoms with van der Waals surface area (Å²) in [6.07, 6.45) is 32.0. The molecule has 53 heavy (non-hydrogen) atoms. The van der Waals surface area contributed by atoms with Crippen LogP contribution < -0.4 is 0 Å². The quantitative estimate of drug-likeness (QED) is 0.0551. The Bertz CT molecular complexity index is 817. The van der Waals surface area contributed by atoms with Crippen LogP contribution in [0.15, 0.2) is 0 Å². The third kappa shape index (κ3) is 21.5. The smallest absolute Gasteiger partial charge is 0.188 e. The van der Waals surface area contributed by atoms with Crippen LogP contribution in [0.4, 0.5) is 0 Å². The molecule has 0 atom stereocenters. The van der Waals surface area contributed by atoms with E-state index in [1.165, 1.54) is 154 Å². The average Bonchev–Trinajstić information content (AvgIpc) is 2.95. The van der Waals surface area contributed by atoms with E-state index < -0.39 is 8.32 Å². The van der Waals surface area contributed by atoms with E-state index in [-0.39, 0.29) is 21.7 Å². The third-order valence-corrected chi connectivity index (χ3v) is 17.2. The highest BCUT2D eigenvalue weighted by atomic mass is 28.4. The van der Waals surface area contributed by atoms with Crippen molar-refractivity contribution in [2.24, 2.45) is 37.9 Å². The predicted molar refractivity (Wildman–Crippen MR) is 247 cm³/mol. The van der Waals surface area contributed by atoms with Crippen molar-refractivity contribution < 1.29 is 4.80 Å². The summed E-state index contributed by atoms with van der Waals surface area (Å²) in [6, 6.07) is 3.49. The predicted octanol–water partition coefficient (Wildman–Crippen LogP) is 18.5.